The first-order valence-corrected chi connectivity index (χ1v) is 16.6. The Labute approximate surface area is 244 Å². The Balaban J connectivity index is 1.21. The third-order valence-electron chi connectivity index (χ3n) is 7.56. The zero-order valence-corrected chi connectivity index (χ0v) is 24.5. The molecule has 4 aromatic rings. The Morgan fingerprint density at radius 2 is 1.10 bits per heavy atom. The van der Waals surface area contributed by atoms with Crippen LogP contribution in [0.4, 0.5) is 0 Å². The van der Waals surface area contributed by atoms with Crippen LogP contribution in [0.5, 0.6) is 11.5 Å². The van der Waals surface area contributed by atoms with Crippen LogP contribution in [0.25, 0.3) is 0 Å². The number of benzene rings is 4. The van der Waals surface area contributed by atoms with Crippen molar-refractivity contribution in [3.63, 3.8) is 0 Å². The van der Waals surface area contributed by atoms with Crippen molar-refractivity contribution in [2.24, 2.45) is 0 Å². The summed E-state index contributed by atoms with van der Waals surface area (Å²) in [5.41, 5.74) is 1.52. The van der Waals surface area contributed by atoms with Crippen LogP contribution in [-0.2, 0) is 0 Å². The molecule has 0 aliphatic heterocycles. The number of phenolic OH excluding ortho intramolecular Hbond substituents is 1. The van der Waals surface area contributed by atoms with E-state index < -0.39 is 13.2 Å². The molecule has 0 aliphatic rings. The summed E-state index contributed by atoms with van der Waals surface area (Å²) in [5.74, 6) is -0.458. The molecule has 0 unspecified atom stereocenters. The van der Waals surface area contributed by atoms with Crippen LogP contribution in [-0.4, -0.2) is 29.0 Å². The van der Waals surface area contributed by atoms with Crippen LogP contribution in [0.1, 0.15) is 61.7 Å². The van der Waals surface area contributed by atoms with Crippen LogP contribution in [0.15, 0.2) is 109 Å². The lowest BCUT2D eigenvalue weighted by Gasteiger charge is -2.27. The fourth-order valence-corrected chi connectivity index (χ4v) is 9.85. The molecule has 5 nitrogen and oxygen atoms in total. The summed E-state index contributed by atoms with van der Waals surface area (Å²) in [6.07, 6.45) is 10.6. The van der Waals surface area contributed by atoms with E-state index in [1.807, 2.05) is 0 Å². The van der Waals surface area contributed by atoms with Gasteiger partial charge in [-0.3, -0.25) is 10.0 Å². The highest BCUT2D eigenvalue weighted by atomic mass is 31.2. The lowest BCUT2D eigenvalue weighted by Crippen LogP contribution is -2.33. The molecule has 0 bridgehead atoms. The second kappa shape index (κ2) is 16.0. The first-order chi connectivity index (χ1) is 20.1. The van der Waals surface area contributed by atoms with Gasteiger partial charge >= 0.3 is 0 Å². The molecule has 6 heteroatoms. The molecule has 0 aromatic heterocycles. The Morgan fingerprint density at radius 3 is 1.56 bits per heavy atom. The Kier molecular flexibility index (Phi) is 11.8. The second-order valence-electron chi connectivity index (χ2n) is 10.3. The molecule has 0 saturated carbocycles. The Morgan fingerprint density at radius 1 is 0.634 bits per heavy atom. The largest absolute Gasteiger partial charge is 0.507 e. The molecule has 0 atom stereocenters. The minimum Gasteiger partial charge on any atom is -0.507 e. The van der Waals surface area contributed by atoms with Gasteiger partial charge in [0.25, 0.3) is 5.91 Å². The highest BCUT2D eigenvalue weighted by molar-refractivity contribution is 7.95. The highest BCUT2D eigenvalue weighted by Crippen LogP contribution is 2.56. The molecule has 0 fully saturated rings. The highest BCUT2D eigenvalue weighted by Gasteiger charge is 2.44. The van der Waals surface area contributed by atoms with Crippen LogP contribution in [0, 0.1) is 0 Å². The van der Waals surface area contributed by atoms with E-state index >= 15 is 0 Å². The van der Waals surface area contributed by atoms with Crippen molar-refractivity contribution in [3.8, 4) is 11.5 Å². The van der Waals surface area contributed by atoms with Crippen molar-refractivity contribution in [2.75, 3.05) is 12.8 Å². The maximum Gasteiger partial charge on any atom is 0.278 e. The van der Waals surface area contributed by atoms with E-state index in [1.54, 1.807) is 6.07 Å². The number of hydrogen-bond donors (Lipinski definition) is 3. The molecule has 1 amide bonds. The summed E-state index contributed by atoms with van der Waals surface area (Å²) >= 11 is 0. The Hall–Kier alpha value is -3.66. The Bertz CT molecular complexity index is 1240. The van der Waals surface area contributed by atoms with E-state index in [0.29, 0.717) is 12.4 Å². The molecule has 214 valence electrons. The first kappa shape index (κ1) is 30.3. The van der Waals surface area contributed by atoms with E-state index in [-0.39, 0.29) is 11.3 Å². The minimum atomic E-state index is -1.73. The molecule has 0 spiro atoms. The molecule has 4 aromatic carbocycles. The third kappa shape index (κ3) is 8.19. The lowest BCUT2D eigenvalue weighted by molar-refractivity contribution is 0.0703. The van der Waals surface area contributed by atoms with Gasteiger partial charge < -0.3 is 9.84 Å². The average molecular weight is 571 g/mol. The normalized spacial score (nSPS) is 11.2. The number of aromatic hydroxyl groups is 1. The second-order valence-corrected chi connectivity index (χ2v) is 14.0. The van der Waals surface area contributed by atoms with E-state index in [4.69, 9.17) is 9.94 Å². The predicted molar refractivity (Wildman–Crippen MR) is 170 cm³/mol. The fraction of sp³-hybridized carbons (Fsp3) is 0.286. The van der Waals surface area contributed by atoms with E-state index in [9.17, 15) is 9.90 Å². The number of carbonyl (C=O) groups is 1. The van der Waals surface area contributed by atoms with E-state index in [2.05, 4.69) is 91.0 Å². The van der Waals surface area contributed by atoms with Crippen LogP contribution < -0.4 is 26.1 Å². The quantitative estimate of drug-likeness (QED) is 0.0586. The molecular formula is C35H41NO4P+. The van der Waals surface area contributed by atoms with Crippen molar-refractivity contribution in [1.29, 1.82) is 0 Å². The van der Waals surface area contributed by atoms with Crippen molar-refractivity contribution in [1.82, 2.24) is 5.48 Å². The number of amides is 1. The predicted octanol–water partition coefficient (Wildman–Crippen LogP) is 7.00. The number of unbranched alkanes of at least 4 members (excludes halogenated alkanes) is 7. The van der Waals surface area contributed by atoms with Gasteiger partial charge in [-0.15, -0.1) is 0 Å². The summed E-state index contributed by atoms with van der Waals surface area (Å²) in [4.78, 5) is 11.4. The zero-order chi connectivity index (χ0) is 28.8. The summed E-state index contributed by atoms with van der Waals surface area (Å²) in [5, 5.41) is 23.0. The number of carbonyl (C=O) groups excluding carboxylic acids is 1. The van der Waals surface area contributed by atoms with E-state index in [1.165, 1.54) is 78.2 Å². The topological polar surface area (TPSA) is 78.8 Å². The monoisotopic (exact) mass is 570 g/mol. The molecule has 41 heavy (non-hydrogen) atoms. The van der Waals surface area contributed by atoms with Crippen molar-refractivity contribution in [3.05, 3.63) is 115 Å². The summed E-state index contributed by atoms with van der Waals surface area (Å²) in [7, 11) is -1.73. The van der Waals surface area contributed by atoms with Gasteiger partial charge in [0.2, 0.25) is 0 Å². The number of nitrogens with one attached hydrogen (secondary N) is 1. The SMILES string of the molecule is O=C(NO)c1ccc(OCCCCCCCCCC[P+](c2ccccc2)(c2ccccc2)c2ccccc2)cc1O. The maximum absolute atomic E-state index is 11.4. The molecule has 0 saturated heterocycles. The van der Waals surface area contributed by atoms with Gasteiger partial charge in [0.15, 0.2) is 0 Å². The molecule has 0 radical (unpaired) electrons. The standard InChI is InChI=1S/C35H40NO4P/c37-34-28-29(24-25-33(34)35(38)36-39)40-26-16-5-3-1-2-4-6-17-27-41(30-18-10-7-11-19-30,31-20-12-8-13-21-31)32-22-14-9-15-23-32/h7-15,18-25,28H,1-6,16-17,26-27H2,(H2-,36,37,38,39)/p+1. The minimum absolute atomic E-state index is 0.00705. The van der Waals surface area contributed by atoms with Gasteiger partial charge in [-0.25, -0.2) is 5.48 Å². The van der Waals surface area contributed by atoms with Crippen molar-refractivity contribution >= 4 is 29.1 Å². The fourth-order valence-electron chi connectivity index (χ4n) is 5.44. The van der Waals surface area contributed by atoms with Gasteiger partial charge in [0, 0.05) is 6.07 Å². The number of rotatable bonds is 16. The lowest BCUT2D eigenvalue weighted by atomic mass is 10.1. The van der Waals surface area contributed by atoms with Crippen LogP contribution in [0.2, 0.25) is 0 Å². The number of phenols is 1. The number of ether oxygens (including phenoxy) is 1. The third-order valence-corrected chi connectivity index (χ3v) is 12.1. The molecule has 0 aliphatic carbocycles. The summed E-state index contributed by atoms with van der Waals surface area (Å²) < 4.78 is 5.70. The van der Waals surface area contributed by atoms with Crippen molar-refractivity contribution in [2.45, 2.75) is 51.4 Å². The van der Waals surface area contributed by atoms with E-state index in [0.717, 1.165) is 12.8 Å². The molecule has 3 N–H and O–H groups in total. The van der Waals surface area contributed by atoms with Gasteiger partial charge in [-0.1, -0.05) is 86.7 Å². The van der Waals surface area contributed by atoms with Gasteiger partial charge in [0.1, 0.15) is 34.7 Å². The first-order valence-electron chi connectivity index (χ1n) is 14.6. The number of hydrogen-bond acceptors (Lipinski definition) is 4. The van der Waals surface area contributed by atoms with Crippen LogP contribution in [0.3, 0.4) is 0 Å². The van der Waals surface area contributed by atoms with Gasteiger partial charge in [-0.05, 0) is 67.8 Å². The summed E-state index contributed by atoms with van der Waals surface area (Å²) in [6.45, 7) is 0.565. The maximum atomic E-state index is 11.4. The zero-order valence-electron chi connectivity index (χ0n) is 23.6. The van der Waals surface area contributed by atoms with Gasteiger partial charge in [-0.2, -0.15) is 0 Å². The smallest absolute Gasteiger partial charge is 0.278 e. The summed E-state index contributed by atoms with van der Waals surface area (Å²) in [6, 6.07) is 37.8. The number of hydroxylamine groups is 1. The van der Waals surface area contributed by atoms with Gasteiger partial charge in [0.05, 0.1) is 18.3 Å². The molecule has 0 heterocycles. The van der Waals surface area contributed by atoms with Crippen LogP contribution >= 0.6 is 7.26 Å². The average Bonchev–Trinajstić information content (AvgIpc) is 3.03. The van der Waals surface area contributed by atoms with Crippen molar-refractivity contribution < 1.29 is 19.8 Å². The molecular weight excluding hydrogens is 529 g/mol. The molecule has 4 rings (SSSR count).